The van der Waals surface area contributed by atoms with E-state index in [1.165, 1.54) is 43.3 Å². The zero-order valence-corrected chi connectivity index (χ0v) is 17.6. The zero-order chi connectivity index (χ0) is 20.1. The molecule has 3 rings (SSSR count). The van der Waals surface area contributed by atoms with Gasteiger partial charge < -0.3 is 9.47 Å². The molecule has 0 saturated heterocycles. The summed E-state index contributed by atoms with van der Waals surface area (Å²) in [6.07, 6.45) is 0.932. The number of sulfonamides is 1. The van der Waals surface area contributed by atoms with Gasteiger partial charge >= 0.3 is 0 Å². The van der Waals surface area contributed by atoms with Gasteiger partial charge in [-0.1, -0.05) is 37.3 Å². The maximum Gasteiger partial charge on any atom is 0.241 e. The highest BCUT2D eigenvalue weighted by Gasteiger charge is 2.24. The van der Waals surface area contributed by atoms with Crippen LogP contribution in [0.1, 0.15) is 29.0 Å². The Hall–Kier alpha value is -2.35. The van der Waals surface area contributed by atoms with Crippen LogP contribution in [0, 0.1) is 0 Å². The molecule has 148 valence electrons. The van der Waals surface area contributed by atoms with Crippen LogP contribution < -0.4 is 14.2 Å². The summed E-state index contributed by atoms with van der Waals surface area (Å²) in [5.74, 6) is 0.844. The van der Waals surface area contributed by atoms with E-state index in [1.807, 2.05) is 41.8 Å². The summed E-state index contributed by atoms with van der Waals surface area (Å²) in [5.41, 5.74) is 2.10. The Labute approximate surface area is 170 Å². The van der Waals surface area contributed by atoms with Crippen molar-refractivity contribution in [3.8, 4) is 11.5 Å². The number of methoxy groups -OCH3 is 2. The number of thiophene rings is 1. The van der Waals surface area contributed by atoms with Gasteiger partial charge in [-0.2, -0.15) is 4.72 Å². The molecular formula is C21H23NO4S2. The fourth-order valence-corrected chi connectivity index (χ4v) is 4.99. The molecule has 3 aromatic rings. The SMILES string of the molecule is CCc1ccc([C@@H](NS(=O)(=O)c2ccc(OC)c(OC)c2)c2cccs2)cc1. The van der Waals surface area contributed by atoms with Crippen LogP contribution in [0.4, 0.5) is 0 Å². The molecule has 0 radical (unpaired) electrons. The first-order valence-corrected chi connectivity index (χ1v) is 11.2. The first-order valence-electron chi connectivity index (χ1n) is 8.85. The number of hydrogen-bond donors (Lipinski definition) is 1. The summed E-state index contributed by atoms with van der Waals surface area (Å²) < 4.78 is 39.5. The van der Waals surface area contributed by atoms with Gasteiger partial charge in [0.1, 0.15) is 0 Å². The summed E-state index contributed by atoms with van der Waals surface area (Å²) in [6, 6.07) is 15.9. The predicted molar refractivity (Wildman–Crippen MR) is 112 cm³/mol. The Morgan fingerprint density at radius 1 is 1.00 bits per heavy atom. The van der Waals surface area contributed by atoms with E-state index in [4.69, 9.17) is 9.47 Å². The van der Waals surface area contributed by atoms with E-state index in [9.17, 15) is 8.42 Å². The first kappa shape index (κ1) is 20.4. The standard InChI is InChI=1S/C21H23NO4S2/c1-4-15-7-9-16(10-8-15)21(20-6-5-13-27-20)22-28(23,24)17-11-12-18(25-2)19(14-17)26-3/h5-14,21-22H,4H2,1-3H3/t21-/m1/s1. The van der Waals surface area contributed by atoms with Gasteiger partial charge in [-0.05, 0) is 41.1 Å². The number of ether oxygens (including phenoxy) is 2. The smallest absolute Gasteiger partial charge is 0.241 e. The quantitative estimate of drug-likeness (QED) is 0.590. The summed E-state index contributed by atoms with van der Waals surface area (Å²) in [4.78, 5) is 1.05. The van der Waals surface area contributed by atoms with Crippen molar-refractivity contribution in [1.29, 1.82) is 0 Å². The minimum absolute atomic E-state index is 0.122. The van der Waals surface area contributed by atoms with Crippen molar-refractivity contribution in [3.05, 3.63) is 76.0 Å². The lowest BCUT2D eigenvalue weighted by molar-refractivity contribution is 0.354. The molecule has 0 aliphatic heterocycles. The molecule has 0 bridgehead atoms. The second kappa shape index (κ2) is 8.77. The van der Waals surface area contributed by atoms with E-state index in [-0.39, 0.29) is 4.90 Å². The third kappa shape index (κ3) is 4.38. The molecule has 1 atom stereocenters. The zero-order valence-electron chi connectivity index (χ0n) is 16.0. The van der Waals surface area contributed by atoms with Crippen LogP contribution in [-0.4, -0.2) is 22.6 Å². The highest BCUT2D eigenvalue weighted by atomic mass is 32.2. The summed E-state index contributed by atoms with van der Waals surface area (Å²) in [5, 5.41) is 1.94. The van der Waals surface area contributed by atoms with Gasteiger partial charge in [0.2, 0.25) is 10.0 Å². The monoisotopic (exact) mass is 417 g/mol. The van der Waals surface area contributed by atoms with Gasteiger partial charge in [-0.25, -0.2) is 8.42 Å². The topological polar surface area (TPSA) is 64.6 Å². The molecular weight excluding hydrogens is 394 g/mol. The summed E-state index contributed by atoms with van der Waals surface area (Å²) in [6.45, 7) is 2.09. The fraction of sp³-hybridized carbons (Fsp3) is 0.238. The normalized spacial score (nSPS) is 12.5. The van der Waals surface area contributed by atoms with Gasteiger partial charge in [-0.15, -0.1) is 11.3 Å². The molecule has 5 nitrogen and oxygen atoms in total. The van der Waals surface area contributed by atoms with E-state index in [2.05, 4.69) is 11.6 Å². The Morgan fingerprint density at radius 2 is 1.71 bits per heavy atom. The van der Waals surface area contributed by atoms with E-state index < -0.39 is 16.1 Å². The molecule has 1 N–H and O–H groups in total. The predicted octanol–water partition coefficient (Wildman–Crippen LogP) is 4.40. The molecule has 0 fully saturated rings. The first-order chi connectivity index (χ1) is 13.5. The Morgan fingerprint density at radius 3 is 2.29 bits per heavy atom. The number of rotatable bonds is 8. The Bertz CT molecular complexity index is 1010. The van der Waals surface area contributed by atoms with Crippen molar-refractivity contribution in [1.82, 2.24) is 4.72 Å². The molecule has 2 aromatic carbocycles. The molecule has 0 spiro atoms. The van der Waals surface area contributed by atoms with Crippen molar-refractivity contribution in [2.45, 2.75) is 24.3 Å². The summed E-state index contributed by atoms with van der Waals surface area (Å²) in [7, 11) is -0.797. The lowest BCUT2D eigenvalue weighted by atomic mass is 10.0. The van der Waals surface area contributed by atoms with Crippen molar-refractivity contribution in [3.63, 3.8) is 0 Å². The number of nitrogens with one attached hydrogen (secondary N) is 1. The second-order valence-electron chi connectivity index (χ2n) is 6.18. The van der Waals surface area contributed by atoms with Crippen LogP contribution in [0.25, 0.3) is 0 Å². The number of hydrogen-bond acceptors (Lipinski definition) is 5. The van der Waals surface area contributed by atoms with E-state index >= 15 is 0 Å². The van der Waals surface area contributed by atoms with Crippen molar-refractivity contribution in [2.75, 3.05) is 14.2 Å². The Balaban J connectivity index is 1.97. The van der Waals surface area contributed by atoms with Crippen LogP contribution in [0.3, 0.4) is 0 Å². The van der Waals surface area contributed by atoms with Gasteiger partial charge in [0, 0.05) is 10.9 Å². The molecule has 0 aliphatic rings. The van der Waals surface area contributed by atoms with Gasteiger partial charge in [-0.3, -0.25) is 0 Å². The maximum absolute atomic E-state index is 13.1. The van der Waals surface area contributed by atoms with Crippen LogP contribution in [-0.2, 0) is 16.4 Å². The van der Waals surface area contributed by atoms with Crippen LogP contribution in [0.5, 0.6) is 11.5 Å². The average molecular weight is 418 g/mol. The molecule has 0 aliphatic carbocycles. The maximum atomic E-state index is 13.1. The second-order valence-corrected chi connectivity index (χ2v) is 8.87. The largest absolute Gasteiger partial charge is 0.493 e. The molecule has 1 heterocycles. The summed E-state index contributed by atoms with van der Waals surface area (Å²) >= 11 is 1.51. The van der Waals surface area contributed by atoms with E-state index in [1.54, 1.807) is 6.07 Å². The lowest BCUT2D eigenvalue weighted by Crippen LogP contribution is -2.29. The van der Waals surface area contributed by atoms with Crippen molar-refractivity contribution in [2.24, 2.45) is 0 Å². The molecule has 7 heteroatoms. The molecule has 0 amide bonds. The minimum atomic E-state index is -3.79. The number of aryl methyl sites for hydroxylation is 1. The minimum Gasteiger partial charge on any atom is -0.493 e. The van der Waals surface area contributed by atoms with Crippen LogP contribution in [0.2, 0.25) is 0 Å². The van der Waals surface area contributed by atoms with Gasteiger partial charge in [0.25, 0.3) is 0 Å². The average Bonchev–Trinajstić information content (AvgIpc) is 3.26. The fourth-order valence-electron chi connectivity index (χ4n) is 2.90. The van der Waals surface area contributed by atoms with E-state index in [0.29, 0.717) is 11.5 Å². The van der Waals surface area contributed by atoms with Crippen molar-refractivity contribution >= 4 is 21.4 Å². The molecule has 0 unspecified atom stereocenters. The van der Waals surface area contributed by atoms with Crippen LogP contribution in [0.15, 0.2) is 64.9 Å². The number of benzene rings is 2. The lowest BCUT2D eigenvalue weighted by Gasteiger charge is -2.19. The Kier molecular flexibility index (Phi) is 6.39. The van der Waals surface area contributed by atoms with Gasteiger partial charge in [0.05, 0.1) is 25.2 Å². The third-order valence-corrected chi connectivity index (χ3v) is 6.85. The van der Waals surface area contributed by atoms with Gasteiger partial charge in [0.15, 0.2) is 11.5 Å². The molecule has 0 saturated carbocycles. The third-order valence-electron chi connectivity index (χ3n) is 4.49. The molecule has 1 aromatic heterocycles. The highest BCUT2D eigenvalue weighted by Crippen LogP contribution is 2.32. The molecule has 28 heavy (non-hydrogen) atoms. The van der Waals surface area contributed by atoms with E-state index in [0.717, 1.165) is 16.9 Å². The van der Waals surface area contributed by atoms with Crippen molar-refractivity contribution < 1.29 is 17.9 Å². The highest BCUT2D eigenvalue weighted by molar-refractivity contribution is 7.89. The van der Waals surface area contributed by atoms with Crippen LogP contribution >= 0.6 is 11.3 Å².